The van der Waals surface area contributed by atoms with Crippen molar-refractivity contribution in [3.05, 3.63) is 63.9 Å². The van der Waals surface area contributed by atoms with Crippen molar-refractivity contribution in [2.75, 3.05) is 6.79 Å². The molecule has 0 saturated carbocycles. The molecule has 1 aliphatic rings. The van der Waals surface area contributed by atoms with Crippen LogP contribution in [0.3, 0.4) is 0 Å². The molecule has 1 aromatic heterocycles. The van der Waals surface area contributed by atoms with Gasteiger partial charge in [0.25, 0.3) is 5.56 Å². The topological polar surface area (TPSA) is 97.5 Å². The van der Waals surface area contributed by atoms with Crippen molar-refractivity contribution < 1.29 is 17.9 Å². The van der Waals surface area contributed by atoms with Crippen LogP contribution in [-0.2, 0) is 16.6 Å². The number of H-pyrrole nitrogens is 1. The summed E-state index contributed by atoms with van der Waals surface area (Å²) in [6.07, 6.45) is 0. The predicted octanol–water partition coefficient (Wildman–Crippen LogP) is 2.04. The highest BCUT2D eigenvalue weighted by Crippen LogP contribution is 2.33. The second-order valence-electron chi connectivity index (χ2n) is 6.04. The monoisotopic (exact) mass is 372 g/mol. The van der Waals surface area contributed by atoms with E-state index in [0.717, 1.165) is 10.9 Å². The Hall–Kier alpha value is -2.84. The fourth-order valence-corrected chi connectivity index (χ4v) is 3.81. The Morgan fingerprint density at radius 3 is 2.73 bits per heavy atom. The van der Waals surface area contributed by atoms with E-state index >= 15 is 0 Å². The molecule has 0 fully saturated rings. The van der Waals surface area contributed by atoms with E-state index in [-0.39, 0.29) is 23.8 Å². The molecule has 0 bridgehead atoms. The maximum atomic E-state index is 12.5. The van der Waals surface area contributed by atoms with E-state index in [2.05, 4.69) is 9.71 Å². The summed E-state index contributed by atoms with van der Waals surface area (Å²) in [5.74, 6) is 0.945. The Morgan fingerprint density at radius 1 is 1.08 bits per heavy atom. The van der Waals surface area contributed by atoms with Gasteiger partial charge in [0.1, 0.15) is 0 Å². The van der Waals surface area contributed by atoms with E-state index in [4.69, 9.17) is 9.47 Å². The molecule has 4 rings (SSSR count). The summed E-state index contributed by atoms with van der Waals surface area (Å²) in [6.45, 7) is 1.95. The number of ether oxygens (including phenoxy) is 2. The molecule has 0 atom stereocenters. The second-order valence-corrected chi connectivity index (χ2v) is 7.81. The summed E-state index contributed by atoms with van der Waals surface area (Å²) in [4.78, 5) is 14.5. The number of hydrogen-bond acceptors (Lipinski definition) is 5. The molecule has 1 aliphatic heterocycles. The molecule has 7 nitrogen and oxygen atoms in total. The lowest BCUT2D eigenvalue weighted by atomic mass is 10.1. The van der Waals surface area contributed by atoms with E-state index in [1.54, 1.807) is 31.2 Å². The smallest absolute Gasteiger partial charge is 0.251 e. The molecule has 2 heterocycles. The molecule has 0 amide bonds. The normalized spacial score (nSPS) is 13.3. The third kappa shape index (κ3) is 3.04. The number of nitrogens with one attached hydrogen (secondary N) is 2. The van der Waals surface area contributed by atoms with Crippen LogP contribution in [0.4, 0.5) is 0 Å². The zero-order chi connectivity index (χ0) is 18.3. The number of benzene rings is 2. The van der Waals surface area contributed by atoms with Gasteiger partial charge in [0.2, 0.25) is 16.8 Å². The highest BCUT2D eigenvalue weighted by Gasteiger charge is 2.20. The Balaban J connectivity index is 1.57. The van der Waals surface area contributed by atoms with Crippen molar-refractivity contribution in [3.8, 4) is 11.5 Å². The van der Waals surface area contributed by atoms with Crippen LogP contribution in [0.1, 0.15) is 11.1 Å². The first kappa shape index (κ1) is 16.6. The van der Waals surface area contributed by atoms with Crippen LogP contribution >= 0.6 is 0 Å². The quantitative estimate of drug-likeness (QED) is 0.730. The number of hydrogen-bond donors (Lipinski definition) is 2. The minimum atomic E-state index is -3.69. The molecule has 0 aliphatic carbocycles. The van der Waals surface area contributed by atoms with Gasteiger partial charge < -0.3 is 14.5 Å². The second kappa shape index (κ2) is 6.15. The van der Waals surface area contributed by atoms with Gasteiger partial charge in [0.05, 0.1) is 4.90 Å². The lowest BCUT2D eigenvalue weighted by Crippen LogP contribution is -2.23. The predicted molar refractivity (Wildman–Crippen MR) is 95.9 cm³/mol. The summed E-state index contributed by atoms with van der Waals surface area (Å²) in [5, 5.41) is 0.849. The molecule has 0 saturated heterocycles. The van der Waals surface area contributed by atoms with Crippen LogP contribution in [0.15, 0.2) is 52.2 Å². The number of aryl methyl sites for hydroxylation is 1. The third-order valence-corrected chi connectivity index (χ3v) is 5.61. The van der Waals surface area contributed by atoms with Crippen LogP contribution in [0, 0.1) is 6.92 Å². The standard InChI is InChI=1S/C18H16N2O5S/c1-11-6-13-7-12(2-4-15(13)20-18(11)21)9-19-26(22,23)14-3-5-16-17(8-14)25-10-24-16/h2-8,19H,9-10H2,1H3,(H,20,21). The highest BCUT2D eigenvalue weighted by atomic mass is 32.2. The molecular formula is C18H16N2O5S. The van der Waals surface area contributed by atoms with E-state index in [1.807, 2.05) is 6.07 Å². The SMILES string of the molecule is Cc1cc2cc(CNS(=O)(=O)c3ccc4c(c3)OCO4)ccc2[nH]c1=O. The maximum absolute atomic E-state index is 12.5. The molecule has 2 N–H and O–H groups in total. The van der Waals surface area contributed by atoms with Gasteiger partial charge in [-0.3, -0.25) is 4.79 Å². The summed E-state index contributed by atoms with van der Waals surface area (Å²) in [5.41, 5.74) is 1.97. The van der Waals surface area contributed by atoms with E-state index in [9.17, 15) is 13.2 Å². The number of sulfonamides is 1. The van der Waals surface area contributed by atoms with Crippen molar-refractivity contribution in [1.82, 2.24) is 9.71 Å². The molecule has 2 aromatic carbocycles. The average Bonchev–Trinajstić information content (AvgIpc) is 3.09. The number of aromatic amines is 1. The minimum Gasteiger partial charge on any atom is -0.454 e. The molecule has 0 unspecified atom stereocenters. The van der Waals surface area contributed by atoms with Gasteiger partial charge in [-0.2, -0.15) is 0 Å². The van der Waals surface area contributed by atoms with E-state index in [1.165, 1.54) is 12.1 Å². The molecule has 134 valence electrons. The van der Waals surface area contributed by atoms with Crippen molar-refractivity contribution in [2.45, 2.75) is 18.4 Å². The highest BCUT2D eigenvalue weighted by molar-refractivity contribution is 7.89. The van der Waals surface area contributed by atoms with Gasteiger partial charge in [-0.05, 0) is 48.2 Å². The molecule has 3 aromatic rings. The average molecular weight is 372 g/mol. The van der Waals surface area contributed by atoms with Gasteiger partial charge in [-0.1, -0.05) is 6.07 Å². The number of pyridine rings is 1. The molecule has 8 heteroatoms. The summed E-state index contributed by atoms with van der Waals surface area (Å²) in [7, 11) is -3.69. The Kier molecular flexibility index (Phi) is 3.93. The van der Waals surface area contributed by atoms with Crippen molar-refractivity contribution >= 4 is 20.9 Å². The number of fused-ring (bicyclic) bond motifs is 2. The first-order valence-electron chi connectivity index (χ1n) is 7.94. The van der Waals surface area contributed by atoms with Crippen molar-refractivity contribution in [1.29, 1.82) is 0 Å². The van der Waals surface area contributed by atoms with E-state index in [0.29, 0.717) is 22.6 Å². The van der Waals surface area contributed by atoms with Crippen LogP contribution < -0.4 is 19.8 Å². The Labute approximate surface area is 149 Å². The maximum Gasteiger partial charge on any atom is 0.251 e. The molecule has 26 heavy (non-hydrogen) atoms. The lowest BCUT2D eigenvalue weighted by molar-refractivity contribution is 0.174. The Bertz CT molecular complexity index is 1170. The summed E-state index contributed by atoms with van der Waals surface area (Å²) < 4.78 is 38.0. The van der Waals surface area contributed by atoms with Crippen LogP contribution in [0.5, 0.6) is 11.5 Å². The number of aromatic nitrogens is 1. The largest absolute Gasteiger partial charge is 0.454 e. The van der Waals surface area contributed by atoms with Crippen LogP contribution in [0.25, 0.3) is 10.9 Å². The van der Waals surface area contributed by atoms with Gasteiger partial charge in [-0.15, -0.1) is 0 Å². The van der Waals surface area contributed by atoms with E-state index < -0.39 is 10.0 Å². The first-order valence-corrected chi connectivity index (χ1v) is 9.42. The van der Waals surface area contributed by atoms with Gasteiger partial charge in [0.15, 0.2) is 11.5 Å². The van der Waals surface area contributed by atoms with Crippen molar-refractivity contribution in [2.24, 2.45) is 0 Å². The summed E-state index contributed by atoms with van der Waals surface area (Å²) >= 11 is 0. The van der Waals surface area contributed by atoms with Gasteiger partial charge in [0, 0.05) is 23.7 Å². The van der Waals surface area contributed by atoms with Crippen molar-refractivity contribution in [3.63, 3.8) is 0 Å². The molecule has 0 radical (unpaired) electrons. The zero-order valence-electron chi connectivity index (χ0n) is 13.9. The fraction of sp³-hybridized carbons (Fsp3) is 0.167. The lowest BCUT2D eigenvalue weighted by Gasteiger charge is -2.09. The zero-order valence-corrected chi connectivity index (χ0v) is 14.7. The molecule has 0 spiro atoms. The summed E-state index contributed by atoms with van der Waals surface area (Å²) in [6, 6.07) is 11.7. The number of rotatable bonds is 4. The first-order chi connectivity index (χ1) is 12.4. The fourth-order valence-electron chi connectivity index (χ4n) is 2.78. The third-order valence-electron chi connectivity index (χ3n) is 4.21. The van der Waals surface area contributed by atoms with Crippen LogP contribution in [-0.4, -0.2) is 20.2 Å². The van der Waals surface area contributed by atoms with Gasteiger partial charge in [-0.25, -0.2) is 13.1 Å². The minimum absolute atomic E-state index is 0.0882. The van der Waals surface area contributed by atoms with Crippen LogP contribution in [0.2, 0.25) is 0 Å². The van der Waals surface area contributed by atoms with Gasteiger partial charge >= 0.3 is 0 Å². The molecular weight excluding hydrogens is 356 g/mol. The Morgan fingerprint density at radius 2 is 1.88 bits per heavy atom.